The maximum atomic E-state index is 13.3. The Balaban J connectivity index is 2.23. The van der Waals surface area contributed by atoms with E-state index >= 15 is 0 Å². The molecule has 0 unspecified atom stereocenters. The van der Waals surface area contributed by atoms with E-state index in [2.05, 4.69) is 5.32 Å². The minimum Gasteiger partial charge on any atom is -0.389 e. The van der Waals surface area contributed by atoms with Crippen molar-refractivity contribution in [2.75, 3.05) is 19.7 Å². The molecule has 0 saturated carbocycles. The molecule has 1 aliphatic rings. The molecule has 16 heavy (non-hydrogen) atoms. The van der Waals surface area contributed by atoms with Gasteiger partial charge in [-0.15, -0.1) is 0 Å². The molecule has 1 fully saturated rings. The molecule has 2 N–H and O–H groups in total. The summed E-state index contributed by atoms with van der Waals surface area (Å²) in [5.74, 6) is -0.493. The molecule has 0 aromatic heterocycles. The monoisotopic (exact) mass is 245 g/mol. The Kier molecular flexibility index (Phi) is 3.76. The third-order valence-corrected chi connectivity index (χ3v) is 2.86. The highest BCUT2D eigenvalue weighted by molar-refractivity contribution is 6.30. The van der Waals surface area contributed by atoms with E-state index in [9.17, 15) is 9.50 Å². The summed E-state index contributed by atoms with van der Waals surface area (Å²) in [6.07, 6.45) is -1.18. The van der Waals surface area contributed by atoms with Crippen LogP contribution in [0.1, 0.15) is 11.7 Å². The molecule has 3 nitrogen and oxygen atoms in total. The number of nitrogens with one attached hydrogen (secondary N) is 1. The molecular weight excluding hydrogens is 233 g/mol. The van der Waals surface area contributed by atoms with Crippen molar-refractivity contribution in [3.05, 3.63) is 34.6 Å². The van der Waals surface area contributed by atoms with E-state index in [4.69, 9.17) is 16.3 Å². The summed E-state index contributed by atoms with van der Waals surface area (Å²) in [6, 6.07) is 4.45. The Morgan fingerprint density at radius 3 is 3.06 bits per heavy atom. The van der Waals surface area contributed by atoms with Gasteiger partial charge in [-0.1, -0.05) is 17.7 Å². The third-order valence-electron chi connectivity index (χ3n) is 2.55. The molecule has 2 rings (SSSR count). The Morgan fingerprint density at radius 1 is 1.50 bits per heavy atom. The lowest BCUT2D eigenvalue weighted by Gasteiger charge is -2.20. The van der Waals surface area contributed by atoms with Gasteiger partial charge >= 0.3 is 0 Å². The van der Waals surface area contributed by atoms with Crippen molar-refractivity contribution < 1.29 is 14.2 Å². The number of hydrogen-bond acceptors (Lipinski definition) is 3. The first-order valence-corrected chi connectivity index (χ1v) is 5.51. The van der Waals surface area contributed by atoms with Gasteiger partial charge in [0.05, 0.1) is 17.7 Å². The van der Waals surface area contributed by atoms with E-state index in [1.54, 1.807) is 6.07 Å². The normalized spacial score (nSPS) is 26.4. The average molecular weight is 246 g/mol. The van der Waals surface area contributed by atoms with E-state index in [1.807, 2.05) is 0 Å². The Hall–Kier alpha value is -0.680. The van der Waals surface area contributed by atoms with Crippen molar-refractivity contribution in [1.82, 2.24) is 5.32 Å². The van der Waals surface area contributed by atoms with Crippen LogP contribution >= 0.6 is 11.6 Å². The summed E-state index contributed by atoms with van der Waals surface area (Å²) in [5, 5.41) is 12.9. The van der Waals surface area contributed by atoms with Crippen LogP contribution in [-0.4, -0.2) is 30.9 Å². The first-order valence-electron chi connectivity index (χ1n) is 5.14. The van der Waals surface area contributed by atoms with E-state index in [1.165, 1.54) is 12.1 Å². The lowest BCUT2D eigenvalue weighted by Crippen LogP contribution is -2.28. The molecule has 0 spiro atoms. The smallest absolute Gasteiger partial charge is 0.142 e. The maximum Gasteiger partial charge on any atom is 0.142 e. The van der Waals surface area contributed by atoms with Gasteiger partial charge in [-0.2, -0.15) is 0 Å². The van der Waals surface area contributed by atoms with Crippen molar-refractivity contribution in [3.63, 3.8) is 0 Å². The van der Waals surface area contributed by atoms with Crippen LogP contribution in [-0.2, 0) is 4.74 Å². The molecule has 0 radical (unpaired) electrons. The first-order chi connectivity index (χ1) is 7.68. The van der Waals surface area contributed by atoms with Crippen molar-refractivity contribution in [1.29, 1.82) is 0 Å². The van der Waals surface area contributed by atoms with Crippen LogP contribution in [0.25, 0.3) is 0 Å². The molecule has 1 aromatic rings. The van der Waals surface area contributed by atoms with E-state index in [0.717, 1.165) is 0 Å². The minimum absolute atomic E-state index is 0.0741. The van der Waals surface area contributed by atoms with Gasteiger partial charge in [0.15, 0.2) is 0 Å². The summed E-state index contributed by atoms with van der Waals surface area (Å²) >= 11 is 5.60. The largest absolute Gasteiger partial charge is 0.389 e. The number of halogens is 2. The Labute approximate surface area is 98.2 Å². The zero-order chi connectivity index (χ0) is 11.5. The molecular formula is C11H13ClFNO2. The van der Waals surface area contributed by atoms with Crippen molar-refractivity contribution in [3.8, 4) is 0 Å². The zero-order valence-electron chi connectivity index (χ0n) is 8.62. The molecule has 1 aromatic carbocycles. The van der Waals surface area contributed by atoms with Gasteiger partial charge in [-0.25, -0.2) is 4.39 Å². The fourth-order valence-corrected chi connectivity index (χ4v) is 1.85. The predicted octanol–water partition coefficient (Wildman–Crippen LogP) is 1.50. The van der Waals surface area contributed by atoms with Crippen LogP contribution in [0.4, 0.5) is 4.39 Å². The molecule has 0 amide bonds. The predicted molar refractivity (Wildman–Crippen MR) is 59.0 cm³/mol. The number of benzene rings is 1. The molecule has 88 valence electrons. The number of rotatable bonds is 1. The second kappa shape index (κ2) is 5.10. The van der Waals surface area contributed by atoms with E-state index in [0.29, 0.717) is 25.3 Å². The summed E-state index contributed by atoms with van der Waals surface area (Å²) in [4.78, 5) is 0. The van der Waals surface area contributed by atoms with Gasteiger partial charge in [-0.05, 0) is 17.7 Å². The standard InChI is InChI=1S/C11H13ClFNO2/c12-8-2-1-7(5-9(8)13)11-10(15)6-14-3-4-16-11/h1-2,5,10-11,14-15H,3-4,6H2/t10-,11+/m0/s1. The third kappa shape index (κ3) is 2.52. The zero-order valence-corrected chi connectivity index (χ0v) is 9.38. The summed E-state index contributed by atoms with van der Waals surface area (Å²) < 4.78 is 18.8. The molecule has 1 saturated heterocycles. The van der Waals surface area contributed by atoms with Crippen molar-refractivity contribution >= 4 is 11.6 Å². The highest BCUT2D eigenvalue weighted by Crippen LogP contribution is 2.25. The second-order valence-corrected chi connectivity index (χ2v) is 4.14. The fraction of sp³-hybridized carbons (Fsp3) is 0.455. The summed E-state index contributed by atoms with van der Waals surface area (Å²) in [6.45, 7) is 1.62. The Morgan fingerprint density at radius 2 is 2.31 bits per heavy atom. The number of β-amino-alcohol motifs (C(OH)–C–C–N with tert-alkyl or cyclic N) is 1. The Bertz CT molecular complexity index is 375. The number of aliphatic hydroxyl groups is 1. The lowest BCUT2D eigenvalue weighted by molar-refractivity contribution is -0.0200. The van der Waals surface area contributed by atoms with Gasteiger partial charge in [0.2, 0.25) is 0 Å². The van der Waals surface area contributed by atoms with Crippen LogP contribution in [0, 0.1) is 5.82 Å². The number of ether oxygens (including phenoxy) is 1. The average Bonchev–Trinajstić information content (AvgIpc) is 2.47. The van der Waals surface area contributed by atoms with Crippen LogP contribution in [0.3, 0.4) is 0 Å². The molecule has 0 aliphatic carbocycles. The topological polar surface area (TPSA) is 41.5 Å². The van der Waals surface area contributed by atoms with Gasteiger partial charge in [-0.3, -0.25) is 0 Å². The van der Waals surface area contributed by atoms with Crippen LogP contribution < -0.4 is 5.32 Å². The highest BCUT2D eigenvalue weighted by atomic mass is 35.5. The quantitative estimate of drug-likeness (QED) is 0.788. The molecule has 0 bridgehead atoms. The molecule has 1 aliphatic heterocycles. The molecule has 5 heteroatoms. The van der Waals surface area contributed by atoms with Gasteiger partial charge in [0.1, 0.15) is 11.9 Å². The van der Waals surface area contributed by atoms with E-state index in [-0.39, 0.29) is 5.02 Å². The minimum atomic E-state index is -0.678. The second-order valence-electron chi connectivity index (χ2n) is 3.74. The SMILES string of the molecule is O[C@H]1CNCCO[C@@H]1c1ccc(Cl)c(F)c1. The van der Waals surface area contributed by atoms with Gasteiger partial charge in [0, 0.05) is 13.1 Å². The fourth-order valence-electron chi connectivity index (χ4n) is 1.73. The van der Waals surface area contributed by atoms with Crippen LogP contribution in [0.2, 0.25) is 5.02 Å². The van der Waals surface area contributed by atoms with E-state index < -0.39 is 18.0 Å². The molecule has 1 heterocycles. The number of hydrogen-bond donors (Lipinski definition) is 2. The van der Waals surface area contributed by atoms with Gasteiger partial charge < -0.3 is 15.2 Å². The van der Waals surface area contributed by atoms with Gasteiger partial charge in [0.25, 0.3) is 0 Å². The molecule has 2 atom stereocenters. The first kappa shape index (κ1) is 11.8. The summed E-state index contributed by atoms with van der Waals surface area (Å²) in [5.41, 5.74) is 0.609. The van der Waals surface area contributed by atoms with Crippen LogP contribution in [0.15, 0.2) is 18.2 Å². The van der Waals surface area contributed by atoms with Crippen LogP contribution in [0.5, 0.6) is 0 Å². The number of aliphatic hydroxyl groups excluding tert-OH is 1. The lowest BCUT2D eigenvalue weighted by atomic mass is 10.0. The van der Waals surface area contributed by atoms with Crippen molar-refractivity contribution in [2.45, 2.75) is 12.2 Å². The summed E-state index contributed by atoms with van der Waals surface area (Å²) in [7, 11) is 0. The maximum absolute atomic E-state index is 13.3. The van der Waals surface area contributed by atoms with Crippen molar-refractivity contribution in [2.24, 2.45) is 0 Å². The highest BCUT2D eigenvalue weighted by Gasteiger charge is 2.24.